The lowest BCUT2D eigenvalue weighted by Crippen LogP contribution is -2.29. The number of hydrogen-bond donors (Lipinski definition) is 2. The largest absolute Gasteiger partial charge is 0.315 e. The summed E-state index contributed by atoms with van der Waals surface area (Å²) in [7, 11) is 0. The molecule has 2 rings (SSSR count). The molecule has 0 radical (unpaired) electrons. The summed E-state index contributed by atoms with van der Waals surface area (Å²) < 4.78 is 26.1. The van der Waals surface area contributed by atoms with Gasteiger partial charge in [0.25, 0.3) is 0 Å². The van der Waals surface area contributed by atoms with Gasteiger partial charge in [-0.25, -0.2) is 8.78 Å². The Morgan fingerprint density at radius 3 is 2.71 bits per heavy atom. The molecule has 0 aliphatic heterocycles. The van der Waals surface area contributed by atoms with Gasteiger partial charge in [0.15, 0.2) is 0 Å². The third-order valence-corrected chi connectivity index (χ3v) is 2.89. The molecule has 1 aliphatic rings. The molecule has 0 amide bonds. The van der Waals surface area contributed by atoms with E-state index in [9.17, 15) is 8.78 Å². The maximum absolute atomic E-state index is 13.3. The molecule has 94 valence electrons. The van der Waals surface area contributed by atoms with E-state index >= 15 is 0 Å². The van der Waals surface area contributed by atoms with Crippen LogP contribution in [0.1, 0.15) is 18.4 Å². The Balaban J connectivity index is 1.61. The predicted molar refractivity (Wildman–Crippen MR) is 64.0 cm³/mol. The SMILES string of the molecule is Fc1ccc(F)c(CCNCCNC2CC2)c1. The van der Waals surface area contributed by atoms with Crippen LogP contribution in [0.15, 0.2) is 18.2 Å². The first kappa shape index (κ1) is 12.5. The van der Waals surface area contributed by atoms with Gasteiger partial charge in [-0.05, 0) is 49.6 Å². The van der Waals surface area contributed by atoms with E-state index in [1.165, 1.54) is 25.0 Å². The Morgan fingerprint density at radius 2 is 1.94 bits per heavy atom. The topological polar surface area (TPSA) is 24.1 Å². The second-order valence-electron chi connectivity index (χ2n) is 4.46. The van der Waals surface area contributed by atoms with E-state index in [4.69, 9.17) is 0 Å². The molecule has 0 bridgehead atoms. The molecule has 17 heavy (non-hydrogen) atoms. The summed E-state index contributed by atoms with van der Waals surface area (Å²) >= 11 is 0. The van der Waals surface area contributed by atoms with Gasteiger partial charge in [-0.2, -0.15) is 0 Å². The van der Waals surface area contributed by atoms with Crippen LogP contribution in [0.5, 0.6) is 0 Å². The molecule has 1 aromatic rings. The Kier molecular flexibility index (Phi) is 4.45. The lowest BCUT2D eigenvalue weighted by Gasteiger charge is -2.06. The minimum Gasteiger partial charge on any atom is -0.315 e. The number of halogens is 2. The molecular formula is C13H18F2N2. The van der Waals surface area contributed by atoms with Gasteiger partial charge in [0.1, 0.15) is 11.6 Å². The summed E-state index contributed by atoms with van der Waals surface area (Å²) in [5.74, 6) is -0.707. The standard InChI is InChI=1S/C13H18F2N2/c14-11-1-4-13(15)10(9-11)5-6-16-7-8-17-12-2-3-12/h1,4,9,12,16-17H,2-3,5-8H2. The van der Waals surface area contributed by atoms with Crippen LogP contribution >= 0.6 is 0 Å². The highest BCUT2D eigenvalue weighted by Crippen LogP contribution is 2.17. The van der Waals surface area contributed by atoms with E-state index < -0.39 is 0 Å². The van der Waals surface area contributed by atoms with E-state index in [0.717, 1.165) is 25.2 Å². The first-order valence-corrected chi connectivity index (χ1v) is 6.14. The highest BCUT2D eigenvalue weighted by atomic mass is 19.1. The van der Waals surface area contributed by atoms with Crippen LogP contribution in [0.3, 0.4) is 0 Å². The van der Waals surface area contributed by atoms with Crippen molar-refractivity contribution in [3.05, 3.63) is 35.4 Å². The van der Waals surface area contributed by atoms with Crippen LogP contribution in [0.4, 0.5) is 8.78 Å². The Bertz CT molecular complexity index is 364. The molecule has 1 aliphatic carbocycles. The molecule has 0 spiro atoms. The van der Waals surface area contributed by atoms with Crippen molar-refractivity contribution >= 4 is 0 Å². The minimum atomic E-state index is -0.378. The van der Waals surface area contributed by atoms with Gasteiger partial charge in [0.05, 0.1) is 0 Å². The van der Waals surface area contributed by atoms with Crippen LogP contribution in [-0.2, 0) is 6.42 Å². The summed E-state index contributed by atoms with van der Waals surface area (Å²) in [4.78, 5) is 0. The first-order chi connectivity index (χ1) is 8.25. The van der Waals surface area contributed by atoms with Crippen LogP contribution in [0, 0.1) is 11.6 Å². The summed E-state index contributed by atoms with van der Waals surface area (Å²) in [5, 5.41) is 6.59. The number of hydrogen-bond acceptors (Lipinski definition) is 2. The Hall–Kier alpha value is -1.00. The summed E-state index contributed by atoms with van der Waals surface area (Å²) in [5.41, 5.74) is 0.438. The second kappa shape index (κ2) is 6.07. The van der Waals surface area contributed by atoms with Crippen molar-refractivity contribution in [2.75, 3.05) is 19.6 Å². The van der Waals surface area contributed by atoms with E-state index in [2.05, 4.69) is 10.6 Å². The Morgan fingerprint density at radius 1 is 1.12 bits per heavy atom. The van der Waals surface area contributed by atoms with Crippen LogP contribution < -0.4 is 10.6 Å². The maximum Gasteiger partial charge on any atom is 0.126 e. The van der Waals surface area contributed by atoms with Crippen LogP contribution in [0.2, 0.25) is 0 Å². The van der Waals surface area contributed by atoms with Gasteiger partial charge in [-0.1, -0.05) is 0 Å². The highest BCUT2D eigenvalue weighted by molar-refractivity contribution is 5.18. The van der Waals surface area contributed by atoms with Crippen molar-refractivity contribution in [1.82, 2.24) is 10.6 Å². The first-order valence-electron chi connectivity index (χ1n) is 6.14. The molecule has 4 heteroatoms. The fourth-order valence-electron chi connectivity index (χ4n) is 1.74. The zero-order valence-electron chi connectivity index (χ0n) is 9.81. The fourth-order valence-corrected chi connectivity index (χ4v) is 1.74. The normalized spacial score (nSPS) is 15.2. The van der Waals surface area contributed by atoms with Crippen molar-refractivity contribution in [2.24, 2.45) is 0 Å². The number of nitrogens with one attached hydrogen (secondary N) is 2. The second-order valence-corrected chi connectivity index (χ2v) is 4.46. The fraction of sp³-hybridized carbons (Fsp3) is 0.538. The molecule has 0 aromatic heterocycles. The lowest BCUT2D eigenvalue weighted by molar-refractivity contribution is 0.570. The molecule has 0 unspecified atom stereocenters. The van der Waals surface area contributed by atoms with Crippen molar-refractivity contribution in [2.45, 2.75) is 25.3 Å². The van der Waals surface area contributed by atoms with Gasteiger partial charge < -0.3 is 10.6 Å². The van der Waals surface area contributed by atoms with Crippen molar-refractivity contribution in [3.8, 4) is 0 Å². The summed E-state index contributed by atoms with van der Waals surface area (Å²) in [6, 6.07) is 4.31. The van der Waals surface area contributed by atoms with Gasteiger partial charge in [0, 0.05) is 19.1 Å². The van der Waals surface area contributed by atoms with Crippen LogP contribution in [0.25, 0.3) is 0 Å². The molecule has 0 heterocycles. The van der Waals surface area contributed by atoms with E-state index in [0.29, 0.717) is 18.5 Å². The zero-order valence-corrected chi connectivity index (χ0v) is 9.81. The van der Waals surface area contributed by atoms with Crippen molar-refractivity contribution in [3.63, 3.8) is 0 Å². The molecule has 0 saturated heterocycles. The van der Waals surface area contributed by atoms with E-state index in [1.54, 1.807) is 0 Å². The van der Waals surface area contributed by atoms with Gasteiger partial charge in [-0.3, -0.25) is 0 Å². The minimum absolute atomic E-state index is 0.329. The highest BCUT2D eigenvalue weighted by Gasteiger charge is 2.19. The average Bonchev–Trinajstić information content (AvgIpc) is 3.11. The molecule has 2 nitrogen and oxygen atoms in total. The van der Waals surface area contributed by atoms with Gasteiger partial charge in [0.2, 0.25) is 0 Å². The average molecular weight is 240 g/mol. The smallest absolute Gasteiger partial charge is 0.126 e. The Labute approximate surface area is 100 Å². The molecule has 0 atom stereocenters. The van der Waals surface area contributed by atoms with Gasteiger partial charge >= 0.3 is 0 Å². The van der Waals surface area contributed by atoms with Crippen molar-refractivity contribution < 1.29 is 8.78 Å². The molecular weight excluding hydrogens is 222 g/mol. The molecule has 1 aromatic carbocycles. The monoisotopic (exact) mass is 240 g/mol. The van der Waals surface area contributed by atoms with Gasteiger partial charge in [-0.15, -0.1) is 0 Å². The third-order valence-electron chi connectivity index (χ3n) is 2.89. The summed E-state index contributed by atoms with van der Waals surface area (Å²) in [6.45, 7) is 2.48. The van der Waals surface area contributed by atoms with E-state index in [1.807, 2.05) is 0 Å². The summed E-state index contributed by atoms with van der Waals surface area (Å²) in [6.07, 6.45) is 3.09. The quantitative estimate of drug-likeness (QED) is 0.711. The number of benzene rings is 1. The van der Waals surface area contributed by atoms with Crippen LogP contribution in [-0.4, -0.2) is 25.7 Å². The lowest BCUT2D eigenvalue weighted by atomic mass is 10.1. The zero-order chi connectivity index (χ0) is 12.1. The maximum atomic E-state index is 13.3. The molecule has 1 saturated carbocycles. The molecule has 2 N–H and O–H groups in total. The predicted octanol–water partition coefficient (Wildman–Crippen LogP) is 1.85. The molecule has 1 fully saturated rings. The van der Waals surface area contributed by atoms with E-state index in [-0.39, 0.29) is 11.6 Å². The number of rotatable bonds is 7. The third kappa shape index (κ3) is 4.40. The van der Waals surface area contributed by atoms with Crippen molar-refractivity contribution in [1.29, 1.82) is 0 Å².